The van der Waals surface area contributed by atoms with E-state index in [0.29, 0.717) is 6.42 Å². The summed E-state index contributed by atoms with van der Waals surface area (Å²) in [5.41, 5.74) is 0. The minimum Gasteiger partial charge on any atom is -0.457 e. The standard InChI is InChI=1S/C10H17IO5/c11-4-2-1-3-9(14)16-10-7(13)6-15-8(10)5-12/h7-8,10,12-13H,1-6H2/t7-,8-,10+/m0/s1. The minimum atomic E-state index is -0.828. The van der Waals surface area contributed by atoms with Crippen LogP contribution in [0.4, 0.5) is 0 Å². The number of hydrogen-bond acceptors (Lipinski definition) is 5. The maximum absolute atomic E-state index is 11.4. The van der Waals surface area contributed by atoms with E-state index < -0.39 is 18.3 Å². The molecule has 0 aliphatic carbocycles. The number of hydrogen-bond donors (Lipinski definition) is 2. The Bertz CT molecular complexity index is 223. The number of rotatable bonds is 6. The number of carbonyl (C=O) groups is 1. The first-order chi connectivity index (χ1) is 7.69. The molecule has 0 bridgehead atoms. The summed E-state index contributed by atoms with van der Waals surface area (Å²) < 4.78 is 11.2. The second kappa shape index (κ2) is 7.41. The molecule has 0 aromatic heterocycles. The van der Waals surface area contributed by atoms with Gasteiger partial charge in [0.2, 0.25) is 0 Å². The van der Waals surface area contributed by atoms with Crippen molar-refractivity contribution in [1.29, 1.82) is 0 Å². The van der Waals surface area contributed by atoms with E-state index >= 15 is 0 Å². The third-order valence-corrected chi connectivity index (χ3v) is 3.20. The van der Waals surface area contributed by atoms with Crippen LogP contribution in [0.25, 0.3) is 0 Å². The number of ether oxygens (including phenoxy) is 2. The molecule has 1 rings (SSSR count). The van der Waals surface area contributed by atoms with Gasteiger partial charge in [-0.1, -0.05) is 22.6 Å². The highest BCUT2D eigenvalue weighted by molar-refractivity contribution is 14.1. The SMILES string of the molecule is O=C(CCCCI)O[C@H]1[C@H](CO)OC[C@@H]1O. The molecular formula is C10H17IO5. The van der Waals surface area contributed by atoms with Gasteiger partial charge >= 0.3 is 5.97 Å². The molecule has 0 saturated carbocycles. The van der Waals surface area contributed by atoms with Gasteiger partial charge in [0.25, 0.3) is 0 Å². The maximum atomic E-state index is 11.4. The minimum absolute atomic E-state index is 0.108. The number of unbranched alkanes of at least 4 members (excludes halogenated alkanes) is 1. The molecule has 0 aromatic carbocycles. The van der Waals surface area contributed by atoms with Crippen molar-refractivity contribution < 1.29 is 24.5 Å². The second-order valence-electron chi connectivity index (χ2n) is 3.72. The fourth-order valence-corrected chi connectivity index (χ4v) is 2.08. The number of aliphatic hydroxyl groups excluding tert-OH is 2. The fraction of sp³-hybridized carbons (Fsp3) is 0.900. The number of alkyl halides is 1. The lowest BCUT2D eigenvalue weighted by Crippen LogP contribution is -2.37. The summed E-state index contributed by atoms with van der Waals surface area (Å²) in [6.07, 6.45) is -0.0334. The van der Waals surface area contributed by atoms with E-state index in [2.05, 4.69) is 22.6 Å². The van der Waals surface area contributed by atoms with Gasteiger partial charge in [0.05, 0.1) is 13.2 Å². The van der Waals surface area contributed by atoms with Crippen molar-refractivity contribution in [3.05, 3.63) is 0 Å². The van der Waals surface area contributed by atoms with Crippen LogP contribution in [0.2, 0.25) is 0 Å². The van der Waals surface area contributed by atoms with E-state index in [9.17, 15) is 9.90 Å². The van der Waals surface area contributed by atoms with Gasteiger partial charge in [-0.15, -0.1) is 0 Å². The topological polar surface area (TPSA) is 76.0 Å². The lowest BCUT2D eigenvalue weighted by atomic mass is 10.1. The predicted molar refractivity (Wildman–Crippen MR) is 65.5 cm³/mol. The smallest absolute Gasteiger partial charge is 0.306 e. The van der Waals surface area contributed by atoms with Crippen molar-refractivity contribution in [2.75, 3.05) is 17.6 Å². The first kappa shape index (κ1) is 14.1. The summed E-state index contributed by atoms with van der Waals surface area (Å²) in [5, 5.41) is 18.4. The Hall–Kier alpha value is 0.0800. The summed E-state index contributed by atoms with van der Waals surface area (Å²) in [6.45, 7) is -0.139. The molecule has 3 atom stereocenters. The lowest BCUT2D eigenvalue weighted by Gasteiger charge is -2.19. The van der Waals surface area contributed by atoms with Crippen LogP contribution in [-0.2, 0) is 14.3 Å². The molecule has 16 heavy (non-hydrogen) atoms. The molecule has 5 nitrogen and oxygen atoms in total. The van der Waals surface area contributed by atoms with E-state index in [0.717, 1.165) is 17.3 Å². The Morgan fingerprint density at radius 3 is 2.88 bits per heavy atom. The van der Waals surface area contributed by atoms with Gasteiger partial charge in [-0.05, 0) is 17.3 Å². The van der Waals surface area contributed by atoms with Crippen LogP contribution in [0.15, 0.2) is 0 Å². The molecule has 0 spiro atoms. The lowest BCUT2D eigenvalue weighted by molar-refractivity contribution is -0.156. The zero-order chi connectivity index (χ0) is 12.0. The van der Waals surface area contributed by atoms with Gasteiger partial charge in [-0.25, -0.2) is 0 Å². The van der Waals surface area contributed by atoms with E-state index in [4.69, 9.17) is 14.6 Å². The molecule has 6 heteroatoms. The van der Waals surface area contributed by atoms with Gasteiger partial charge in [-0.3, -0.25) is 4.79 Å². The number of aliphatic hydroxyl groups is 2. The molecule has 1 saturated heterocycles. The van der Waals surface area contributed by atoms with Crippen LogP contribution in [0.5, 0.6) is 0 Å². The molecule has 0 unspecified atom stereocenters. The molecule has 2 N–H and O–H groups in total. The molecule has 94 valence electrons. The van der Waals surface area contributed by atoms with Crippen LogP contribution < -0.4 is 0 Å². The molecule has 0 amide bonds. The summed E-state index contributed by atoms with van der Waals surface area (Å²) in [6, 6.07) is 0. The quantitative estimate of drug-likeness (QED) is 0.313. The van der Waals surface area contributed by atoms with Crippen LogP contribution >= 0.6 is 22.6 Å². The van der Waals surface area contributed by atoms with E-state index in [-0.39, 0.29) is 19.2 Å². The largest absolute Gasteiger partial charge is 0.457 e. The van der Waals surface area contributed by atoms with Crippen LogP contribution in [0.1, 0.15) is 19.3 Å². The Morgan fingerprint density at radius 2 is 2.25 bits per heavy atom. The molecule has 1 aliphatic rings. The number of halogens is 1. The van der Waals surface area contributed by atoms with Crippen molar-refractivity contribution in [1.82, 2.24) is 0 Å². The summed E-state index contributed by atoms with van der Waals surface area (Å²) in [7, 11) is 0. The van der Waals surface area contributed by atoms with Gasteiger partial charge in [0.15, 0.2) is 6.10 Å². The average molecular weight is 344 g/mol. The fourth-order valence-electron chi connectivity index (χ4n) is 1.55. The van der Waals surface area contributed by atoms with Crippen LogP contribution in [0, 0.1) is 0 Å². The second-order valence-corrected chi connectivity index (χ2v) is 4.80. The number of carbonyl (C=O) groups excluding carboxylic acids is 1. The first-order valence-electron chi connectivity index (χ1n) is 5.35. The maximum Gasteiger partial charge on any atom is 0.306 e. The van der Waals surface area contributed by atoms with Crippen molar-refractivity contribution in [3.63, 3.8) is 0 Å². The Morgan fingerprint density at radius 1 is 1.50 bits per heavy atom. The van der Waals surface area contributed by atoms with Crippen LogP contribution in [-0.4, -0.2) is 52.1 Å². The van der Waals surface area contributed by atoms with Crippen molar-refractivity contribution in [2.24, 2.45) is 0 Å². The normalized spacial score (nSPS) is 29.3. The highest BCUT2D eigenvalue weighted by Gasteiger charge is 2.38. The van der Waals surface area contributed by atoms with Gasteiger partial charge < -0.3 is 19.7 Å². The third-order valence-electron chi connectivity index (χ3n) is 2.44. The average Bonchev–Trinajstić information content (AvgIpc) is 2.61. The van der Waals surface area contributed by atoms with Gasteiger partial charge in [0, 0.05) is 6.42 Å². The summed E-state index contributed by atoms with van der Waals surface area (Å²) in [5.74, 6) is -0.335. The number of esters is 1. The zero-order valence-corrected chi connectivity index (χ0v) is 11.1. The highest BCUT2D eigenvalue weighted by Crippen LogP contribution is 2.18. The van der Waals surface area contributed by atoms with E-state index in [1.165, 1.54) is 0 Å². The Kier molecular flexibility index (Phi) is 6.55. The first-order valence-corrected chi connectivity index (χ1v) is 6.87. The monoisotopic (exact) mass is 344 g/mol. The molecule has 1 aliphatic heterocycles. The molecule has 1 fully saturated rings. The van der Waals surface area contributed by atoms with Crippen LogP contribution in [0.3, 0.4) is 0 Å². The van der Waals surface area contributed by atoms with Crippen molar-refractivity contribution >= 4 is 28.6 Å². The summed E-state index contributed by atoms with van der Waals surface area (Å²) in [4.78, 5) is 11.4. The molecule has 1 heterocycles. The van der Waals surface area contributed by atoms with E-state index in [1.54, 1.807) is 0 Å². The van der Waals surface area contributed by atoms with Gasteiger partial charge in [0.1, 0.15) is 12.2 Å². The van der Waals surface area contributed by atoms with Crippen molar-refractivity contribution in [3.8, 4) is 0 Å². The van der Waals surface area contributed by atoms with Gasteiger partial charge in [-0.2, -0.15) is 0 Å². The molecule has 0 radical (unpaired) electrons. The molecule has 0 aromatic rings. The predicted octanol–water partition coefficient (Wildman–Crippen LogP) is 0.255. The Labute approximate surface area is 108 Å². The van der Waals surface area contributed by atoms with E-state index in [1.807, 2.05) is 0 Å². The third kappa shape index (κ3) is 4.15. The molecular weight excluding hydrogens is 327 g/mol. The summed E-state index contributed by atoms with van der Waals surface area (Å²) >= 11 is 2.25. The van der Waals surface area contributed by atoms with Crippen molar-refractivity contribution in [2.45, 2.75) is 37.6 Å². The Balaban J connectivity index is 2.31. The zero-order valence-electron chi connectivity index (χ0n) is 8.97. The highest BCUT2D eigenvalue weighted by atomic mass is 127.